The molecule has 2 aromatic carbocycles. The van der Waals surface area contributed by atoms with Gasteiger partial charge in [-0.15, -0.1) is 0 Å². The van der Waals surface area contributed by atoms with E-state index in [0.29, 0.717) is 18.5 Å². The number of amides is 2. The largest absolute Gasteiger partial charge is 0.354 e. The molecule has 2 amide bonds. The van der Waals surface area contributed by atoms with E-state index in [1.54, 1.807) is 4.68 Å². The zero-order valence-electron chi connectivity index (χ0n) is 17.0. The van der Waals surface area contributed by atoms with Crippen molar-refractivity contribution in [3.63, 3.8) is 0 Å². The lowest BCUT2D eigenvalue weighted by molar-refractivity contribution is -0.123. The zero-order chi connectivity index (χ0) is 21.5. The summed E-state index contributed by atoms with van der Waals surface area (Å²) in [6.45, 7) is 4.12. The molecule has 1 aromatic heterocycles. The molecule has 0 radical (unpaired) electrons. The first kappa shape index (κ1) is 21.2. The number of aromatic nitrogens is 2. The van der Waals surface area contributed by atoms with Crippen molar-refractivity contribution < 1.29 is 14.0 Å². The molecule has 0 saturated heterocycles. The van der Waals surface area contributed by atoms with Gasteiger partial charge in [0.15, 0.2) is 0 Å². The summed E-state index contributed by atoms with van der Waals surface area (Å²) >= 11 is 0. The van der Waals surface area contributed by atoms with Gasteiger partial charge in [-0.25, -0.2) is 9.07 Å². The second kappa shape index (κ2) is 9.82. The number of hydrogen-bond acceptors (Lipinski definition) is 3. The van der Waals surface area contributed by atoms with Crippen molar-refractivity contribution in [2.45, 2.75) is 26.3 Å². The number of halogens is 1. The summed E-state index contributed by atoms with van der Waals surface area (Å²) in [5, 5.41) is 10.1. The van der Waals surface area contributed by atoms with Crippen LogP contribution >= 0.6 is 0 Å². The van der Waals surface area contributed by atoms with Gasteiger partial charge in [-0.3, -0.25) is 9.59 Å². The Morgan fingerprint density at radius 1 is 1.03 bits per heavy atom. The SMILES string of the molecule is CC(C)C(NC(=O)c1ccc(F)cc1)C(=O)NCCc1ccn(-c2ccccc2)n1. The highest BCUT2D eigenvalue weighted by Crippen LogP contribution is 2.08. The molecule has 0 aliphatic rings. The highest BCUT2D eigenvalue weighted by molar-refractivity contribution is 5.97. The van der Waals surface area contributed by atoms with Crippen LogP contribution in [0.5, 0.6) is 0 Å². The minimum absolute atomic E-state index is 0.105. The summed E-state index contributed by atoms with van der Waals surface area (Å²) in [5.74, 6) is -1.19. The molecular formula is C23H25FN4O2. The molecule has 156 valence electrons. The third-order valence-corrected chi connectivity index (χ3v) is 4.69. The fourth-order valence-corrected chi connectivity index (χ4v) is 3.00. The first-order valence-electron chi connectivity index (χ1n) is 9.88. The summed E-state index contributed by atoms with van der Waals surface area (Å²) in [5.41, 5.74) is 2.13. The molecule has 0 spiro atoms. The Kier molecular flexibility index (Phi) is 6.95. The fourth-order valence-electron chi connectivity index (χ4n) is 3.00. The van der Waals surface area contributed by atoms with E-state index in [1.807, 2.05) is 56.4 Å². The maximum atomic E-state index is 13.0. The Morgan fingerprint density at radius 2 is 1.73 bits per heavy atom. The molecule has 0 bridgehead atoms. The number of benzene rings is 2. The van der Waals surface area contributed by atoms with Gasteiger partial charge in [-0.2, -0.15) is 5.10 Å². The van der Waals surface area contributed by atoms with Crippen molar-refractivity contribution in [1.82, 2.24) is 20.4 Å². The van der Waals surface area contributed by atoms with E-state index in [-0.39, 0.29) is 11.8 Å². The average molecular weight is 408 g/mol. The number of nitrogens with zero attached hydrogens (tertiary/aromatic N) is 2. The van der Waals surface area contributed by atoms with Crippen LogP contribution < -0.4 is 10.6 Å². The maximum absolute atomic E-state index is 13.0. The van der Waals surface area contributed by atoms with Crippen LogP contribution in [0.4, 0.5) is 4.39 Å². The number of nitrogens with one attached hydrogen (secondary N) is 2. The number of carbonyl (C=O) groups excluding carboxylic acids is 2. The lowest BCUT2D eigenvalue weighted by Crippen LogP contribution is -2.50. The third-order valence-electron chi connectivity index (χ3n) is 4.69. The minimum atomic E-state index is -0.690. The van der Waals surface area contributed by atoms with E-state index in [9.17, 15) is 14.0 Å². The summed E-state index contributed by atoms with van der Waals surface area (Å²) in [6.07, 6.45) is 2.45. The molecule has 7 heteroatoms. The lowest BCUT2D eigenvalue weighted by Gasteiger charge is -2.21. The molecule has 1 atom stereocenters. The molecule has 3 rings (SSSR count). The standard InChI is InChI=1S/C23H25FN4O2/c1-16(2)21(26-22(29)17-8-10-18(24)11-9-17)23(30)25-14-12-19-13-15-28(27-19)20-6-4-3-5-7-20/h3-11,13,15-16,21H,12,14H2,1-2H3,(H,25,30)(H,26,29). The van der Waals surface area contributed by atoms with Gasteiger partial charge in [0.05, 0.1) is 11.4 Å². The lowest BCUT2D eigenvalue weighted by atomic mass is 10.0. The van der Waals surface area contributed by atoms with Crippen molar-refractivity contribution in [1.29, 1.82) is 0 Å². The van der Waals surface area contributed by atoms with Crippen LogP contribution in [0.1, 0.15) is 29.9 Å². The predicted molar refractivity (Wildman–Crippen MR) is 113 cm³/mol. The van der Waals surface area contributed by atoms with E-state index < -0.39 is 17.8 Å². The fraction of sp³-hybridized carbons (Fsp3) is 0.261. The average Bonchev–Trinajstić information content (AvgIpc) is 3.21. The number of rotatable bonds is 8. The second-order valence-corrected chi connectivity index (χ2v) is 7.33. The van der Waals surface area contributed by atoms with Gasteiger partial charge in [0, 0.05) is 24.7 Å². The number of hydrogen-bond donors (Lipinski definition) is 2. The monoisotopic (exact) mass is 408 g/mol. The van der Waals surface area contributed by atoms with Crippen LogP contribution in [-0.4, -0.2) is 34.2 Å². The van der Waals surface area contributed by atoms with Gasteiger partial charge >= 0.3 is 0 Å². The van der Waals surface area contributed by atoms with Crippen molar-refractivity contribution in [3.05, 3.63) is 83.9 Å². The Balaban J connectivity index is 1.53. The van der Waals surface area contributed by atoms with Crippen LogP contribution in [0.25, 0.3) is 5.69 Å². The Bertz CT molecular complexity index is 984. The van der Waals surface area contributed by atoms with Crippen molar-refractivity contribution in [2.24, 2.45) is 5.92 Å². The minimum Gasteiger partial charge on any atom is -0.354 e. The smallest absolute Gasteiger partial charge is 0.251 e. The third kappa shape index (κ3) is 5.53. The van der Waals surface area contributed by atoms with Gasteiger partial charge in [-0.1, -0.05) is 32.0 Å². The summed E-state index contributed by atoms with van der Waals surface area (Å²) in [7, 11) is 0. The van der Waals surface area contributed by atoms with Crippen LogP contribution in [0, 0.1) is 11.7 Å². The van der Waals surface area contributed by atoms with Gasteiger partial charge in [0.25, 0.3) is 5.91 Å². The first-order valence-corrected chi connectivity index (χ1v) is 9.88. The second-order valence-electron chi connectivity index (χ2n) is 7.33. The molecule has 30 heavy (non-hydrogen) atoms. The molecule has 0 aliphatic carbocycles. The van der Waals surface area contributed by atoms with Crippen molar-refractivity contribution in [3.8, 4) is 5.69 Å². The van der Waals surface area contributed by atoms with E-state index in [2.05, 4.69) is 15.7 Å². The molecule has 6 nitrogen and oxygen atoms in total. The van der Waals surface area contributed by atoms with E-state index in [0.717, 1.165) is 11.4 Å². The summed E-state index contributed by atoms with van der Waals surface area (Å²) < 4.78 is 14.8. The summed E-state index contributed by atoms with van der Waals surface area (Å²) in [6, 6.07) is 16.2. The quantitative estimate of drug-likeness (QED) is 0.601. The van der Waals surface area contributed by atoms with Gasteiger partial charge < -0.3 is 10.6 Å². The van der Waals surface area contributed by atoms with Crippen molar-refractivity contribution >= 4 is 11.8 Å². The Hall–Kier alpha value is -3.48. The number of carbonyl (C=O) groups is 2. The van der Waals surface area contributed by atoms with E-state index in [1.165, 1.54) is 24.3 Å². The zero-order valence-corrected chi connectivity index (χ0v) is 17.0. The first-order chi connectivity index (χ1) is 14.4. The van der Waals surface area contributed by atoms with Gasteiger partial charge in [0.1, 0.15) is 11.9 Å². The Labute approximate surface area is 175 Å². The Morgan fingerprint density at radius 3 is 2.40 bits per heavy atom. The maximum Gasteiger partial charge on any atom is 0.251 e. The predicted octanol–water partition coefficient (Wildman–Crippen LogP) is 3.12. The topological polar surface area (TPSA) is 76.0 Å². The molecule has 2 N–H and O–H groups in total. The number of para-hydroxylation sites is 1. The summed E-state index contributed by atoms with van der Waals surface area (Å²) in [4.78, 5) is 25.0. The highest BCUT2D eigenvalue weighted by Gasteiger charge is 2.24. The van der Waals surface area contributed by atoms with Crippen LogP contribution in [-0.2, 0) is 11.2 Å². The molecule has 0 saturated carbocycles. The van der Waals surface area contributed by atoms with Gasteiger partial charge in [-0.05, 0) is 48.4 Å². The van der Waals surface area contributed by atoms with Crippen LogP contribution in [0.15, 0.2) is 66.9 Å². The molecular weight excluding hydrogens is 383 g/mol. The van der Waals surface area contributed by atoms with E-state index >= 15 is 0 Å². The molecule has 1 unspecified atom stereocenters. The normalized spacial score (nSPS) is 11.9. The van der Waals surface area contributed by atoms with Crippen LogP contribution in [0.2, 0.25) is 0 Å². The van der Waals surface area contributed by atoms with Crippen molar-refractivity contribution in [2.75, 3.05) is 6.54 Å². The molecule has 1 heterocycles. The van der Waals surface area contributed by atoms with Crippen LogP contribution in [0.3, 0.4) is 0 Å². The van der Waals surface area contributed by atoms with E-state index in [4.69, 9.17) is 0 Å². The molecule has 0 fully saturated rings. The molecule has 3 aromatic rings. The van der Waals surface area contributed by atoms with Gasteiger partial charge in [0.2, 0.25) is 5.91 Å². The molecule has 0 aliphatic heterocycles. The highest BCUT2D eigenvalue weighted by atomic mass is 19.1.